The number of nitrogens with zero attached hydrogens (tertiary/aromatic N) is 2. The molecule has 0 unspecified atom stereocenters. The van der Waals surface area contributed by atoms with Crippen LogP contribution in [0.3, 0.4) is 0 Å². The molecule has 1 amide bonds. The molecule has 0 radical (unpaired) electrons. The molecule has 0 atom stereocenters. The molecule has 1 N–H and O–H groups in total. The number of amides is 1. The molecule has 4 nitrogen and oxygen atoms in total. The lowest BCUT2D eigenvalue weighted by atomic mass is 9.95. The molecule has 3 rings (SSSR count). The minimum Gasteiger partial charge on any atom is -0.338 e. The van der Waals surface area contributed by atoms with Crippen LogP contribution in [-0.4, -0.2) is 27.1 Å². The second kappa shape index (κ2) is 5.12. The van der Waals surface area contributed by atoms with Gasteiger partial charge in [-0.25, -0.2) is 0 Å². The second-order valence-corrected chi connectivity index (χ2v) is 6.13. The number of carbonyl (C=O) groups is 1. The van der Waals surface area contributed by atoms with Crippen LogP contribution in [0.15, 0.2) is 0 Å². The Balaban J connectivity index is 1.91. The molecule has 0 bridgehead atoms. The average Bonchev–Trinajstić information content (AvgIpc) is 2.77. The third-order valence-corrected chi connectivity index (χ3v) is 4.83. The van der Waals surface area contributed by atoms with E-state index in [1.54, 1.807) is 6.92 Å². The molecule has 1 aliphatic carbocycles. The molecule has 0 spiro atoms. The van der Waals surface area contributed by atoms with Crippen LogP contribution in [0.1, 0.15) is 56.3 Å². The van der Waals surface area contributed by atoms with Crippen LogP contribution in [0.4, 0.5) is 0 Å². The van der Waals surface area contributed by atoms with Gasteiger partial charge in [-0.1, -0.05) is 31.5 Å². The molecule has 1 fully saturated rings. The van der Waals surface area contributed by atoms with Gasteiger partial charge >= 0.3 is 0 Å². The van der Waals surface area contributed by atoms with Gasteiger partial charge < -0.3 is 4.90 Å². The summed E-state index contributed by atoms with van der Waals surface area (Å²) in [6.45, 7) is 3.14. The molecule has 5 heteroatoms. The van der Waals surface area contributed by atoms with E-state index in [1.807, 2.05) is 4.90 Å². The summed E-state index contributed by atoms with van der Waals surface area (Å²) in [7, 11) is 0. The van der Waals surface area contributed by atoms with Crippen LogP contribution in [0.2, 0.25) is 0 Å². The van der Waals surface area contributed by atoms with Crippen LogP contribution in [0.25, 0.3) is 0 Å². The zero-order valence-corrected chi connectivity index (χ0v) is 12.3. The first-order valence-electron chi connectivity index (χ1n) is 7.24. The van der Waals surface area contributed by atoms with Crippen molar-refractivity contribution < 1.29 is 4.79 Å². The van der Waals surface area contributed by atoms with E-state index < -0.39 is 0 Å². The van der Waals surface area contributed by atoms with Gasteiger partial charge in [-0.15, -0.1) is 0 Å². The largest absolute Gasteiger partial charge is 0.338 e. The number of fused-ring (bicyclic) bond motifs is 1. The third kappa shape index (κ3) is 2.36. The van der Waals surface area contributed by atoms with Crippen molar-refractivity contribution in [3.63, 3.8) is 0 Å². The molecular formula is C14H21N3OS. The Morgan fingerprint density at radius 2 is 2.05 bits per heavy atom. The van der Waals surface area contributed by atoms with E-state index in [-0.39, 0.29) is 5.91 Å². The van der Waals surface area contributed by atoms with Crippen LogP contribution in [-0.2, 0) is 17.8 Å². The van der Waals surface area contributed by atoms with Gasteiger partial charge in [-0.3, -0.25) is 14.6 Å². The summed E-state index contributed by atoms with van der Waals surface area (Å²) < 4.78 is 3.14. The molecule has 1 aliphatic heterocycles. The summed E-state index contributed by atoms with van der Waals surface area (Å²) in [5, 5.41) is 3.38. The van der Waals surface area contributed by atoms with E-state index in [0.29, 0.717) is 12.6 Å². The van der Waals surface area contributed by atoms with Crippen molar-refractivity contribution in [2.45, 2.75) is 58.0 Å². The van der Waals surface area contributed by atoms with Crippen LogP contribution >= 0.6 is 12.2 Å². The van der Waals surface area contributed by atoms with Crippen molar-refractivity contribution in [2.75, 3.05) is 6.54 Å². The zero-order valence-electron chi connectivity index (χ0n) is 11.4. The highest BCUT2D eigenvalue weighted by molar-refractivity contribution is 7.71. The van der Waals surface area contributed by atoms with Crippen molar-refractivity contribution in [1.29, 1.82) is 0 Å². The maximum atomic E-state index is 11.5. The highest BCUT2D eigenvalue weighted by Crippen LogP contribution is 2.31. The van der Waals surface area contributed by atoms with Crippen molar-refractivity contribution in [3.8, 4) is 0 Å². The highest BCUT2D eigenvalue weighted by atomic mass is 32.1. The lowest BCUT2D eigenvalue weighted by Crippen LogP contribution is -2.35. The Labute approximate surface area is 118 Å². The molecule has 104 valence electrons. The SMILES string of the molecule is CC(=O)N1CCc2c(c(=S)[nH]n2C2CCCCC2)C1. The van der Waals surface area contributed by atoms with Crippen molar-refractivity contribution in [3.05, 3.63) is 15.9 Å². The standard InChI is InChI=1S/C14H21N3OS/c1-10(18)16-8-7-13-12(9-16)14(19)15-17(13)11-5-3-2-4-6-11/h11H,2-9H2,1H3,(H,15,19). The lowest BCUT2D eigenvalue weighted by molar-refractivity contribution is -0.129. The van der Waals surface area contributed by atoms with E-state index in [9.17, 15) is 4.79 Å². The zero-order chi connectivity index (χ0) is 13.4. The average molecular weight is 279 g/mol. The Kier molecular flexibility index (Phi) is 3.48. The summed E-state index contributed by atoms with van der Waals surface area (Å²) in [5.41, 5.74) is 2.51. The van der Waals surface area contributed by atoms with Crippen LogP contribution < -0.4 is 0 Å². The van der Waals surface area contributed by atoms with Gasteiger partial charge in [0.15, 0.2) is 0 Å². The number of aromatic amines is 1. The van der Waals surface area contributed by atoms with E-state index in [1.165, 1.54) is 43.4 Å². The van der Waals surface area contributed by atoms with Gasteiger partial charge in [0.1, 0.15) is 4.64 Å². The number of nitrogens with one attached hydrogen (secondary N) is 1. The number of H-pyrrole nitrogens is 1. The van der Waals surface area contributed by atoms with Gasteiger partial charge in [-0.05, 0) is 12.8 Å². The Bertz CT molecular complexity index is 539. The molecule has 0 aromatic carbocycles. The quantitative estimate of drug-likeness (QED) is 0.803. The van der Waals surface area contributed by atoms with Gasteiger partial charge in [0.25, 0.3) is 0 Å². The smallest absolute Gasteiger partial charge is 0.219 e. The summed E-state index contributed by atoms with van der Waals surface area (Å²) in [5.74, 6) is 0.144. The predicted octanol–water partition coefficient (Wildman–Crippen LogP) is 2.96. The molecular weight excluding hydrogens is 258 g/mol. The van der Waals surface area contributed by atoms with Crippen LogP contribution in [0, 0.1) is 4.64 Å². The minimum atomic E-state index is 0.144. The first kappa shape index (κ1) is 12.9. The lowest BCUT2D eigenvalue weighted by Gasteiger charge is -2.29. The molecule has 19 heavy (non-hydrogen) atoms. The maximum Gasteiger partial charge on any atom is 0.219 e. The minimum absolute atomic E-state index is 0.144. The summed E-state index contributed by atoms with van der Waals surface area (Å²) >= 11 is 5.45. The van der Waals surface area contributed by atoms with Gasteiger partial charge in [0.2, 0.25) is 5.91 Å². The number of rotatable bonds is 1. The molecule has 2 heterocycles. The summed E-state index contributed by atoms with van der Waals surface area (Å²) in [6, 6.07) is 0.586. The van der Waals surface area contributed by atoms with Crippen molar-refractivity contribution in [1.82, 2.24) is 14.7 Å². The summed E-state index contributed by atoms with van der Waals surface area (Å²) in [4.78, 5) is 13.4. The third-order valence-electron chi connectivity index (χ3n) is 4.49. The fourth-order valence-corrected chi connectivity index (χ4v) is 3.67. The van der Waals surface area contributed by atoms with Crippen molar-refractivity contribution >= 4 is 18.1 Å². The normalized spacial score (nSPS) is 20.4. The maximum absolute atomic E-state index is 11.5. The number of hydrogen-bond donors (Lipinski definition) is 1. The van der Waals surface area contributed by atoms with Crippen molar-refractivity contribution in [2.24, 2.45) is 0 Å². The van der Waals surface area contributed by atoms with Crippen LogP contribution in [0.5, 0.6) is 0 Å². The Hall–Kier alpha value is -1.10. The molecule has 2 aliphatic rings. The van der Waals surface area contributed by atoms with E-state index in [2.05, 4.69) is 9.78 Å². The number of hydrogen-bond acceptors (Lipinski definition) is 2. The molecule has 1 aromatic rings. The topological polar surface area (TPSA) is 41.0 Å². The Morgan fingerprint density at radius 1 is 1.32 bits per heavy atom. The van der Waals surface area contributed by atoms with E-state index >= 15 is 0 Å². The molecule has 0 saturated heterocycles. The van der Waals surface area contributed by atoms with Gasteiger partial charge in [-0.2, -0.15) is 0 Å². The van der Waals surface area contributed by atoms with Gasteiger partial charge in [0, 0.05) is 31.1 Å². The second-order valence-electron chi connectivity index (χ2n) is 5.72. The predicted molar refractivity (Wildman–Crippen MR) is 76.5 cm³/mol. The first-order chi connectivity index (χ1) is 9.16. The molecule has 1 saturated carbocycles. The number of aromatic nitrogens is 2. The van der Waals surface area contributed by atoms with Gasteiger partial charge in [0.05, 0.1) is 12.6 Å². The van der Waals surface area contributed by atoms with E-state index in [0.717, 1.165) is 17.6 Å². The fraction of sp³-hybridized carbons (Fsp3) is 0.714. The Morgan fingerprint density at radius 3 is 2.74 bits per heavy atom. The monoisotopic (exact) mass is 279 g/mol. The highest BCUT2D eigenvalue weighted by Gasteiger charge is 2.26. The first-order valence-corrected chi connectivity index (χ1v) is 7.65. The van der Waals surface area contributed by atoms with E-state index in [4.69, 9.17) is 12.2 Å². The fourth-order valence-electron chi connectivity index (χ4n) is 3.39. The molecule has 1 aromatic heterocycles. The summed E-state index contributed by atoms with van der Waals surface area (Å²) in [6.07, 6.45) is 7.43. The number of carbonyl (C=O) groups excluding carboxylic acids is 1.